The first-order valence-electron chi connectivity index (χ1n) is 13.0. The molecule has 0 radical (unpaired) electrons. The summed E-state index contributed by atoms with van der Waals surface area (Å²) < 4.78 is 28.4. The molecule has 1 heterocycles. The average Bonchev–Trinajstić information content (AvgIpc) is 3.00. The van der Waals surface area contributed by atoms with Crippen molar-refractivity contribution in [2.45, 2.75) is 43.9 Å². The molecule has 1 amide bonds. The third kappa shape index (κ3) is 8.35. The van der Waals surface area contributed by atoms with Crippen molar-refractivity contribution in [2.75, 3.05) is 19.8 Å². The van der Waals surface area contributed by atoms with Crippen LogP contribution in [0.25, 0.3) is 0 Å². The van der Waals surface area contributed by atoms with Gasteiger partial charge in [0.25, 0.3) is 0 Å². The number of carbonyl (C=O) groups excluding carboxylic acids is 2. The summed E-state index contributed by atoms with van der Waals surface area (Å²) in [7, 11) is 0. The van der Waals surface area contributed by atoms with Crippen LogP contribution >= 0.6 is 0 Å². The number of aliphatic hydroxyl groups is 2. The zero-order valence-corrected chi connectivity index (χ0v) is 21.8. The van der Waals surface area contributed by atoms with Gasteiger partial charge in [-0.25, -0.2) is 9.59 Å². The summed E-state index contributed by atoms with van der Waals surface area (Å²) in [5, 5.41) is 23.8. The number of ether oxygens (including phenoxy) is 5. The minimum absolute atomic E-state index is 0.0507. The second kappa shape index (κ2) is 15.1. The Labute approximate surface area is 232 Å². The fraction of sp³-hybridized carbons (Fsp3) is 0.333. The Kier molecular flexibility index (Phi) is 11.0. The Morgan fingerprint density at radius 2 is 1.40 bits per heavy atom. The Balaban J connectivity index is 1.36. The second-order valence-corrected chi connectivity index (χ2v) is 9.07. The first-order valence-corrected chi connectivity index (χ1v) is 13.0. The summed E-state index contributed by atoms with van der Waals surface area (Å²) >= 11 is 0. The molecular formula is C30H33NO9. The van der Waals surface area contributed by atoms with Crippen LogP contribution in [0.2, 0.25) is 0 Å². The number of hydrogen-bond acceptors (Lipinski definition) is 9. The maximum absolute atomic E-state index is 12.8. The van der Waals surface area contributed by atoms with E-state index in [1.54, 1.807) is 30.3 Å². The lowest BCUT2D eigenvalue weighted by molar-refractivity contribution is -0.307. The Morgan fingerprint density at radius 1 is 0.800 bits per heavy atom. The van der Waals surface area contributed by atoms with Crippen LogP contribution in [-0.4, -0.2) is 72.7 Å². The van der Waals surface area contributed by atoms with Crippen LogP contribution in [0.3, 0.4) is 0 Å². The fourth-order valence-electron chi connectivity index (χ4n) is 4.14. The number of alkyl carbamates (subject to hydrolysis) is 1. The quantitative estimate of drug-likeness (QED) is 0.230. The van der Waals surface area contributed by atoms with E-state index in [4.69, 9.17) is 23.7 Å². The molecule has 1 fully saturated rings. The standard InChI is InChI=1S/C30H33NO9/c32-18-24-26(37-19-21-10-4-1-5-11-21)25(33)27(40-28(34)23-14-8-3-9-15-23)29(39-24)36-17-16-31-30(35)38-20-22-12-6-2-7-13-22/h1-15,24-27,29,32-33H,16-20H2,(H,31,35)/t24-,25+,26-,27-,29-/m1/s1. The number of amides is 1. The Morgan fingerprint density at radius 3 is 2.02 bits per heavy atom. The maximum atomic E-state index is 12.8. The molecule has 4 rings (SSSR count). The number of esters is 1. The predicted octanol–water partition coefficient (Wildman–Crippen LogP) is 2.82. The van der Waals surface area contributed by atoms with Gasteiger partial charge in [0.2, 0.25) is 0 Å². The third-order valence-electron chi connectivity index (χ3n) is 6.20. The molecule has 0 spiro atoms. The monoisotopic (exact) mass is 551 g/mol. The van der Waals surface area contributed by atoms with Crippen molar-refractivity contribution < 1.29 is 43.5 Å². The van der Waals surface area contributed by atoms with E-state index in [-0.39, 0.29) is 31.9 Å². The largest absolute Gasteiger partial charge is 0.450 e. The average molecular weight is 552 g/mol. The first-order chi connectivity index (χ1) is 19.5. The lowest BCUT2D eigenvalue weighted by atomic mass is 9.98. The van der Waals surface area contributed by atoms with Crippen LogP contribution in [0.4, 0.5) is 4.79 Å². The number of aliphatic hydroxyl groups excluding tert-OH is 2. The van der Waals surface area contributed by atoms with Crippen molar-refractivity contribution in [1.29, 1.82) is 0 Å². The van der Waals surface area contributed by atoms with Crippen molar-refractivity contribution in [2.24, 2.45) is 0 Å². The van der Waals surface area contributed by atoms with E-state index in [0.29, 0.717) is 0 Å². The van der Waals surface area contributed by atoms with E-state index < -0.39 is 49.4 Å². The van der Waals surface area contributed by atoms with Gasteiger partial charge in [0.05, 0.1) is 25.4 Å². The molecule has 1 saturated heterocycles. The molecule has 0 unspecified atom stereocenters. The molecule has 0 bridgehead atoms. The van der Waals surface area contributed by atoms with Crippen molar-refractivity contribution >= 4 is 12.1 Å². The fourth-order valence-corrected chi connectivity index (χ4v) is 4.14. The van der Waals surface area contributed by atoms with Gasteiger partial charge < -0.3 is 39.2 Å². The zero-order valence-electron chi connectivity index (χ0n) is 21.8. The number of hydrogen-bond donors (Lipinski definition) is 3. The van der Waals surface area contributed by atoms with E-state index >= 15 is 0 Å². The van der Waals surface area contributed by atoms with Crippen LogP contribution < -0.4 is 5.32 Å². The molecule has 3 aromatic carbocycles. The number of rotatable bonds is 12. The van der Waals surface area contributed by atoms with Gasteiger partial charge in [-0.05, 0) is 23.3 Å². The Hall–Kier alpha value is -3.80. The zero-order chi connectivity index (χ0) is 28.2. The maximum Gasteiger partial charge on any atom is 0.407 e. The molecule has 0 saturated carbocycles. The van der Waals surface area contributed by atoms with Crippen molar-refractivity contribution in [1.82, 2.24) is 5.32 Å². The number of carbonyl (C=O) groups is 2. The molecule has 0 aliphatic carbocycles. The topological polar surface area (TPSA) is 133 Å². The lowest BCUT2D eigenvalue weighted by Crippen LogP contribution is -2.61. The van der Waals surface area contributed by atoms with Crippen molar-refractivity contribution in [3.8, 4) is 0 Å². The van der Waals surface area contributed by atoms with Gasteiger partial charge in [0, 0.05) is 6.54 Å². The van der Waals surface area contributed by atoms with Crippen LogP contribution in [0, 0.1) is 0 Å². The minimum Gasteiger partial charge on any atom is -0.450 e. The van der Waals surface area contributed by atoms with Crippen molar-refractivity contribution in [3.05, 3.63) is 108 Å². The highest BCUT2D eigenvalue weighted by Gasteiger charge is 2.48. The highest BCUT2D eigenvalue weighted by molar-refractivity contribution is 5.89. The van der Waals surface area contributed by atoms with Crippen LogP contribution in [-0.2, 0) is 36.9 Å². The predicted molar refractivity (Wildman–Crippen MR) is 143 cm³/mol. The van der Waals surface area contributed by atoms with Crippen molar-refractivity contribution in [3.63, 3.8) is 0 Å². The summed E-state index contributed by atoms with van der Waals surface area (Å²) in [6.07, 6.45) is -6.49. The van der Waals surface area contributed by atoms with Crippen LogP contribution in [0.1, 0.15) is 21.5 Å². The SMILES string of the molecule is O=C(NCCO[C@@H]1O[C@H](CO)[C@@H](OCc2ccccc2)[C@H](O)[C@H]1OC(=O)c1ccccc1)OCc1ccccc1. The van der Waals surface area contributed by atoms with Gasteiger partial charge in [-0.2, -0.15) is 0 Å². The molecule has 1 aliphatic heterocycles. The molecule has 40 heavy (non-hydrogen) atoms. The summed E-state index contributed by atoms with van der Waals surface area (Å²) in [6, 6.07) is 26.9. The number of nitrogens with one attached hydrogen (secondary N) is 1. The molecular weight excluding hydrogens is 518 g/mol. The van der Waals surface area contributed by atoms with E-state index in [0.717, 1.165) is 11.1 Å². The highest BCUT2D eigenvalue weighted by atomic mass is 16.7. The molecule has 10 nitrogen and oxygen atoms in total. The van der Waals surface area contributed by atoms with Crippen LogP contribution in [0.5, 0.6) is 0 Å². The molecule has 10 heteroatoms. The van der Waals surface area contributed by atoms with E-state index in [1.165, 1.54) is 0 Å². The first kappa shape index (κ1) is 29.2. The normalized spacial score (nSPS) is 22.3. The molecule has 212 valence electrons. The molecule has 3 aromatic rings. The molecule has 0 aromatic heterocycles. The van der Waals surface area contributed by atoms with E-state index in [1.807, 2.05) is 60.7 Å². The highest BCUT2D eigenvalue weighted by Crippen LogP contribution is 2.28. The van der Waals surface area contributed by atoms with Gasteiger partial charge in [0.1, 0.15) is 24.9 Å². The molecule has 5 atom stereocenters. The molecule has 3 N–H and O–H groups in total. The minimum atomic E-state index is -1.38. The van der Waals surface area contributed by atoms with E-state index in [9.17, 15) is 19.8 Å². The summed E-state index contributed by atoms with van der Waals surface area (Å²) in [5.74, 6) is -0.686. The van der Waals surface area contributed by atoms with Gasteiger partial charge in [0.15, 0.2) is 12.4 Å². The van der Waals surface area contributed by atoms with Crippen LogP contribution in [0.15, 0.2) is 91.0 Å². The summed E-state index contributed by atoms with van der Waals surface area (Å²) in [5.41, 5.74) is 1.98. The van der Waals surface area contributed by atoms with Gasteiger partial charge in [-0.15, -0.1) is 0 Å². The summed E-state index contributed by atoms with van der Waals surface area (Å²) in [4.78, 5) is 24.9. The second-order valence-electron chi connectivity index (χ2n) is 9.07. The summed E-state index contributed by atoms with van der Waals surface area (Å²) in [6.45, 7) is -0.209. The smallest absolute Gasteiger partial charge is 0.407 e. The molecule has 1 aliphatic rings. The van der Waals surface area contributed by atoms with Gasteiger partial charge >= 0.3 is 12.1 Å². The van der Waals surface area contributed by atoms with Gasteiger partial charge in [-0.3, -0.25) is 0 Å². The lowest BCUT2D eigenvalue weighted by Gasteiger charge is -2.43. The van der Waals surface area contributed by atoms with E-state index in [2.05, 4.69) is 5.32 Å². The van der Waals surface area contributed by atoms with Gasteiger partial charge in [-0.1, -0.05) is 78.9 Å². The number of benzene rings is 3. The Bertz CT molecular complexity index is 1180. The third-order valence-corrected chi connectivity index (χ3v) is 6.20.